The van der Waals surface area contributed by atoms with Crippen molar-refractivity contribution in [1.29, 1.82) is 0 Å². The average Bonchev–Trinajstić information content (AvgIpc) is 2.94. The zero-order chi connectivity index (χ0) is 26.6. The van der Waals surface area contributed by atoms with E-state index in [1.807, 2.05) is 42.6 Å². The summed E-state index contributed by atoms with van der Waals surface area (Å²) in [5.41, 5.74) is 4.33. The highest BCUT2D eigenvalue weighted by Crippen LogP contribution is 2.31. The van der Waals surface area contributed by atoms with Gasteiger partial charge in [0.2, 0.25) is 5.91 Å². The second-order valence-electron chi connectivity index (χ2n) is 9.56. The van der Waals surface area contributed by atoms with Crippen LogP contribution in [0.15, 0.2) is 67.5 Å². The maximum atomic E-state index is 13.2. The van der Waals surface area contributed by atoms with E-state index in [0.29, 0.717) is 30.4 Å². The summed E-state index contributed by atoms with van der Waals surface area (Å²) < 4.78 is 0. The van der Waals surface area contributed by atoms with Crippen molar-refractivity contribution in [3.8, 4) is 0 Å². The normalized spacial score (nSPS) is 15.7. The lowest BCUT2D eigenvalue weighted by Gasteiger charge is -2.35. The molecule has 196 valence electrons. The number of rotatable bonds is 7. The van der Waals surface area contributed by atoms with Gasteiger partial charge < -0.3 is 25.3 Å². The monoisotopic (exact) mass is 512 g/mol. The number of anilines is 5. The predicted octanol–water partition coefficient (Wildman–Crippen LogP) is 3.67. The van der Waals surface area contributed by atoms with Crippen molar-refractivity contribution in [1.82, 2.24) is 19.8 Å². The Morgan fingerprint density at radius 2 is 1.79 bits per heavy atom. The Bertz CT molecular complexity index is 1330. The number of fused-ring (bicyclic) bond motifs is 1. The Hall–Kier alpha value is -4.44. The average molecular weight is 513 g/mol. The Labute approximate surface area is 222 Å². The molecule has 10 heteroatoms. The third kappa shape index (κ3) is 5.45. The van der Waals surface area contributed by atoms with Gasteiger partial charge in [0.25, 0.3) is 0 Å². The lowest BCUT2D eigenvalue weighted by atomic mass is 10.1. The van der Waals surface area contributed by atoms with Gasteiger partial charge in [0, 0.05) is 63.3 Å². The summed E-state index contributed by atoms with van der Waals surface area (Å²) in [4.78, 5) is 42.2. The molecule has 1 fully saturated rings. The highest BCUT2D eigenvalue weighted by Gasteiger charge is 2.29. The number of aromatic nitrogens is 2. The van der Waals surface area contributed by atoms with Crippen LogP contribution in [0.25, 0.3) is 0 Å². The number of hydrogen-bond donors (Lipinski definition) is 2. The molecule has 5 rings (SSSR count). The van der Waals surface area contributed by atoms with E-state index in [1.54, 1.807) is 23.0 Å². The highest BCUT2D eigenvalue weighted by molar-refractivity contribution is 5.99. The van der Waals surface area contributed by atoms with Crippen molar-refractivity contribution in [2.45, 2.75) is 13.1 Å². The summed E-state index contributed by atoms with van der Waals surface area (Å²) in [6, 6.07) is 13.2. The first kappa shape index (κ1) is 25.2. The number of likely N-dealkylation sites (N-methyl/N-ethyl adjacent to an activating group) is 1. The first-order chi connectivity index (χ1) is 18.4. The molecule has 1 saturated heterocycles. The number of amides is 3. The molecular formula is C28H32N8O2. The molecule has 2 aliphatic rings. The number of para-hydroxylation sites is 1. The molecule has 0 atom stereocenters. The van der Waals surface area contributed by atoms with Crippen LogP contribution in [0, 0.1) is 0 Å². The molecule has 2 N–H and O–H groups in total. The van der Waals surface area contributed by atoms with Gasteiger partial charge in [-0.1, -0.05) is 24.8 Å². The fourth-order valence-electron chi connectivity index (χ4n) is 4.70. The van der Waals surface area contributed by atoms with E-state index < -0.39 is 0 Å². The third-order valence-electron chi connectivity index (χ3n) is 6.94. The molecule has 2 aromatic heterocycles. The van der Waals surface area contributed by atoms with Gasteiger partial charge in [-0.25, -0.2) is 14.8 Å². The molecule has 38 heavy (non-hydrogen) atoms. The minimum Gasteiger partial charge on any atom is -0.368 e. The van der Waals surface area contributed by atoms with E-state index in [1.165, 1.54) is 6.08 Å². The van der Waals surface area contributed by atoms with E-state index in [9.17, 15) is 9.59 Å². The largest absolute Gasteiger partial charge is 0.368 e. The molecule has 0 radical (unpaired) electrons. The first-order valence-corrected chi connectivity index (χ1v) is 12.6. The van der Waals surface area contributed by atoms with Crippen LogP contribution in [0.1, 0.15) is 11.1 Å². The summed E-state index contributed by atoms with van der Waals surface area (Å²) in [7, 11) is 3.90. The van der Waals surface area contributed by atoms with Gasteiger partial charge in [0.15, 0.2) is 0 Å². The predicted molar refractivity (Wildman–Crippen MR) is 150 cm³/mol. The van der Waals surface area contributed by atoms with E-state index in [-0.39, 0.29) is 11.9 Å². The number of carbonyl (C=O) groups excluding carboxylic acids is 2. The molecule has 0 bridgehead atoms. The Morgan fingerprint density at radius 3 is 2.53 bits per heavy atom. The van der Waals surface area contributed by atoms with E-state index >= 15 is 0 Å². The lowest BCUT2D eigenvalue weighted by Crippen LogP contribution is -2.44. The maximum absolute atomic E-state index is 13.2. The number of urea groups is 1. The summed E-state index contributed by atoms with van der Waals surface area (Å²) in [5, 5.41) is 6.07. The minimum atomic E-state index is -0.294. The van der Waals surface area contributed by atoms with E-state index in [2.05, 4.69) is 50.1 Å². The van der Waals surface area contributed by atoms with Crippen LogP contribution in [0.4, 0.5) is 33.5 Å². The van der Waals surface area contributed by atoms with Gasteiger partial charge in [0.05, 0.1) is 24.1 Å². The summed E-state index contributed by atoms with van der Waals surface area (Å²) in [6.45, 7) is 8.33. The van der Waals surface area contributed by atoms with Crippen LogP contribution >= 0.6 is 0 Å². The van der Waals surface area contributed by atoms with Crippen molar-refractivity contribution in [2.24, 2.45) is 0 Å². The van der Waals surface area contributed by atoms with Gasteiger partial charge in [-0.15, -0.1) is 0 Å². The third-order valence-corrected chi connectivity index (χ3v) is 6.94. The molecule has 0 unspecified atom stereocenters. The smallest absolute Gasteiger partial charge is 0.324 e. The molecule has 0 aliphatic carbocycles. The fourth-order valence-corrected chi connectivity index (χ4v) is 4.70. The fraction of sp³-hybridized carbons (Fsp3) is 0.286. The van der Waals surface area contributed by atoms with E-state index in [0.717, 1.165) is 48.7 Å². The second kappa shape index (κ2) is 10.9. The molecule has 3 amide bonds. The van der Waals surface area contributed by atoms with Crippen molar-refractivity contribution >= 4 is 40.6 Å². The number of piperazine rings is 1. The van der Waals surface area contributed by atoms with Gasteiger partial charge in [-0.3, -0.25) is 9.69 Å². The van der Waals surface area contributed by atoms with Crippen molar-refractivity contribution in [3.05, 3.63) is 78.6 Å². The van der Waals surface area contributed by atoms with Crippen LogP contribution in [0.5, 0.6) is 0 Å². The lowest BCUT2D eigenvalue weighted by molar-refractivity contribution is -0.111. The molecule has 1 aromatic carbocycles. The molecule has 0 spiro atoms. The topological polar surface area (TPSA) is 96.9 Å². The van der Waals surface area contributed by atoms with Gasteiger partial charge >= 0.3 is 6.03 Å². The standard InChI is InChI=1S/C28H32N8O2/c1-4-27(37)31-23-8-6-5-7-20(23)18-36-19-21-16-29-26(15-24(21)34(3)28(36)38)32-25-10-9-22(17-30-25)35-13-11-33(2)12-14-35/h4-10,15-17H,1,11-14,18-19H2,2-3H3,(H,31,37)(H,29,30,32). The highest BCUT2D eigenvalue weighted by atomic mass is 16.2. The number of hydrogen-bond acceptors (Lipinski definition) is 7. The summed E-state index contributed by atoms with van der Waals surface area (Å²) in [6.07, 6.45) is 4.90. The zero-order valence-electron chi connectivity index (χ0n) is 21.7. The van der Waals surface area contributed by atoms with Gasteiger partial charge in [0.1, 0.15) is 11.6 Å². The minimum absolute atomic E-state index is 0.130. The number of nitrogens with one attached hydrogen (secondary N) is 2. The second-order valence-corrected chi connectivity index (χ2v) is 9.56. The van der Waals surface area contributed by atoms with Gasteiger partial charge in [-0.2, -0.15) is 0 Å². The number of nitrogens with zero attached hydrogens (tertiary/aromatic N) is 6. The number of carbonyl (C=O) groups is 2. The molecule has 10 nitrogen and oxygen atoms in total. The first-order valence-electron chi connectivity index (χ1n) is 12.6. The SMILES string of the molecule is C=CC(=O)Nc1ccccc1CN1Cc2cnc(Nc3ccc(N4CCN(C)CC4)cn3)cc2N(C)C1=O. The molecule has 4 heterocycles. The summed E-state index contributed by atoms with van der Waals surface area (Å²) in [5.74, 6) is 1.02. The van der Waals surface area contributed by atoms with Crippen molar-refractivity contribution in [2.75, 3.05) is 60.7 Å². The van der Waals surface area contributed by atoms with Crippen LogP contribution in [-0.2, 0) is 17.9 Å². The van der Waals surface area contributed by atoms with Crippen LogP contribution in [0.2, 0.25) is 0 Å². The number of benzene rings is 1. The Balaban J connectivity index is 1.28. The summed E-state index contributed by atoms with van der Waals surface area (Å²) >= 11 is 0. The molecular weight excluding hydrogens is 480 g/mol. The van der Waals surface area contributed by atoms with Crippen LogP contribution in [0.3, 0.4) is 0 Å². The Kier molecular flexibility index (Phi) is 7.23. The molecule has 2 aliphatic heterocycles. The maximum Gasteiger partial charge on any atom is 0.324 e. The van der Waals surface area contributed by atoms with Gasteiger partial charge in [-0.05, 0) is 36.9 Å². The Morgan fingerprint density at radius 1 is 1.03 bits per heavy atom. The molecule has 0 saturated carbocycles. The van der Waals surface area contributed by atoms with E-state index in [4.69, 9.17) is 0 Å². The van der Waals surface area contributed by atoms with Crippen molar-refractivity contribution in [3.63, 3.8) is 0 Å². The quantitative estimate of drug-likeness (QED) is 0.466. The zero-order valence-corrected chi connectivity index (χ0v) is 21.7. The molecule has 3 aromatic rings. The van der Waals surface area contributed by atoms with Crippen LogP contribution < -0.4 is 20.4 Å². The van der Waals surface area contributed by atoms with Crippen molar-refractivity contribution < 1.29 is 9.59 Å². The number of pyridine rings is 2. The van der Waals surface area contributed by atoms with Crippen LogP contribution in [-0.4, -0.2) is 72.0 Å².